The first-order valence-corrected chi connectivity index (χ1v) is 8.76. The van der Waals surface area contributed by atoms with E-state index >= 15 is 0 Å². The zero-order valence-electron chi connectivity index (χ0n) is 13.5. The van der Waals surface area contributed by atoms with Crippen LogP contribution in [-0.4, -0.2) is 36.9 Å². The molecule has 126 valence electrons. The quantitative estimate of drug-likeness (QED) is 0.922. The van der Waals surface area contributed by atoms with Gasteiger partial charge in [0.1, 0.15) is 6.61 Å². The van der Waals surface area contributed by atoms with E-state index in [1.165, 1.54) is 5.56 Å². The zero-order valence-corrected chi connectivity index (χ0v) is 14.2. The van der Waals surface area contributed by atoms with Crippen LogP contribution in [0.4, 0.5) is 0 Å². The van der Waals surface area contributed by atoms with Gasteiger partial charge >= 0.3 is 0 Å². The monoisotopic (exact) mass is 344 g/mol. The molecule has 1 saturated heterocycles. The van der Waals surface area contributed by atoms with Gasteiger partial charge in [-0.25, -0.2) is 0 Å². The van der Waals surface area contributed by atoms with Crippen LogP contribution in [0.25, 0.3) is 0 Å². The van der Waals surface area contributed by atoms with Crippen molar-refractivity contribution in [3.8, 4) is 11.5 Å². The van der Waals surface area contributed by atoms with Crippen molar-refractivity contribution in [1.29, 1.82) is 0 Å². The molecule has 5 heteroatoms. The van der Waals surface area contributed by atoms with Gasteiger partial charge in [-0.05, 0) is 36.2 Å². The number of nitrogens with zero attached hydrogens (tertiary/aromatic N) is 1. The van der Waals surface area contributed by atoms with E-state index in [1.807, 2.05) is 36.4 Å². The Hall–Kier alpha value is -1.75. The van der Waals surface area contributed by atoms with Gasteiger partial charge in [0.05, 0.1) is 0 Å². The predicted octanol–water partition coefficient (Wildman–Crippen LogP) is 3.30. The van der Waals surface area contributed by atoms with E-state index in [4.69, 9.17) is 21.1 Å². The van der Waals surface area contributed by atoms with Crippen molar-refractivity contribution in [2.24, 2.45) is 0 Å². The maximum atomic E-state index is 6.10. The molecule has 0 aromatic heterocycles. The lowest BCUT2D eigenvalue weighted by atomic mass is 10.2. The summed E-state index contributed by atoms with van der Waals surface area (Å²) in [5.74, 6) is 1.68. The van der Waals surface area contributed by atoms with Crippen molar-refractivity contribution in [2.45, 2.75) is 25.2 Å². The summed E-state index contributed by atoms with van der Waals surface area (Å²) in [6, 6.07) is 16.3. The first kappa shape index (κ1) is 15.8. The minimum absolute atomic E-state index is 0.00207. The van der Waals surface area contributed by atoms with Gasteiger partial charge in [-0.3, -0.25) is 4.90 Å². The normalized spacial score (nSPS) is 23.4. The average molecular weight is 345 g/mol. The van der Waals surface area contributed by atoms with Gasteiger partial charge in [-0.2, -0.15) is 0 Å². The number of ether oxygens (including phenoxy) is 2. The second-order valence-electron chi connectivity index (χ2n) is 6.32. The molecule has 4 rings (SSSR count). The summed E-state index contributed by atoms with van der Waals surface area (Å²) in [6.07, 6.45) is 1.12. The number of hydrogen-bond donors (Lipinski definition) is 1. The van der Waals surface area contributed by atoms with Crippen LogP contribution in [0, 0.1) is 0 Å². The maximum Gasteiger partial charge on any atom is 0.187 e. The number of fused-ring (bicyclic) bond motifs is 1. The molecule has 0 radical (unpaired) electrons. The largest absolute Gasteiger partial charge is 0.484 e. The lowest BCUT2D eigenvalue weighted by molar-refractivity contribution is -0.0177. The number of hydrogen-bond acceptors (Lipinski definition) is 4. The van der Waals surface area contributed by atoms with Gasteiger partial charge in [0.15, 0.2) is 17.7 Å². The average Bonchev–Trinajstić information content (AvgIpc) is 3.10. The lowest BCUT2D eigenvalue weighted by Crippen LogP contribution is -2.45. The molecule has 2 aliphatic heterocycles. The van der Waals surface area contributed by atoms with E-state index in [0.717, 1.165) is 42.6 Å². The van der Waals surface area contributed by atoms with Crippen molar-refractivity contribution in [3.63, 3.8) is 0 Å². The van der Waals surface area contributed by atoms with Crippen LogP contribution >= 0.6 is 11.6 Å². The first-order chi connectivity index (χ1) is 11.8. The third-order valence-corrected chi connectivity index (χ3v) is 4.88. The highest BCUT2D eigenvalue weighted by molar-refractivity contribution is 6.30. The van der Waals surface area contributed by atoms with E-state index < -0.39 is 0 Å². The van der Waals surface area contributed by atoms with Crippen LogP contribution in [0.15, 0.2) is 48.5 Å². The second kappa shape index (κ2) is 7.01. The third kappa shape index (κ3) is 3.51. The molecule has 2 atom stereocenters. The number of para-hydroxylation sites is 2. The van der Waals surface area contributed by atoms with Crippen LogP contribution in [0.1, 0.15) is 12.0 Å². The van der Waals surface area contributed by atoms with Crippen molar-refractivity contribution in [2.75, 3.05) is 19.7 Å². The molecule has 0 aliphatic carbocycles. The van der Waals surface area contributed by atoms with Gasteiger partial charge in [-0.15, -0.1) is 0 Å². The first-order valence-electron chi connectivity index (χ1n) is 8.38. The fraction of sp³-hybridized carbons (Fsp3) is 0.368. The Morgan fingerprint density at radius 2 is 1.88 bits per heavy atom. The summed E-state index contributed by atoms with van der Waals surface area (Å²) < 4.78 is 11.9. The summed E-state index contributed by atoms with van der Waals surface area (Å²) in [5.41, 5.74) is 1.25. The summed E-state index contributed by atoms with van der Waals surface area (Å²) >= 11 is 5.93. The van der Waals surface area contributed by atoms with Gasteiger partial charge in [0, 0.05) is 30.7 Å². The standard InChI is InChI=1S/C19H21ClN2O2/c20-15-7-5-14(6-8-15)11-21-16-9-10-22(12-16)19-13-23-17-3-1-2-4-18(17)24-19/h1-8,16,19,21H,9-13H2. The molecular weight excluding hydrogens is 324 g/mol. The Kier molecular flexibility index (Phi) is 4.60. The summed E-state index contributed by atoms with van der Waals surface area (Å²) in [5, 5.41) is 4.40. The molecule has 1 N–H and O–H groups in total. The van der Waals surface area contributed by atoms with Crippen molar-refractivity contribution in [3.05, 3.63) is 59.1 Å². The maximum absolute atomic E-state index is 6.10. The molecule has 0 spiro atoms. The molecule has 2 aromatic rings. The number of halogens is 1. The van der Waals surface area contributed by atoms with E-state index in [9.17, 15) is 0 Å². The second-order valence-corrected chi connectivity index (χ2v) is 6.75. The van der Waals surface area contributed by atoms with Crippen LogP contribution in [0.3, 0.4) is 0 Å². The fourth-order valence-corrected chi connectivity index (χ4v) is 3.39. The van der Waals surface area contributed by atoms with E-state index in [1.54, 1.807) is 0 Å². The molecule has 2 aromatic carbocycles. The predicted molar refractivity (Wildman–Crippen MR) is 94.6 cm³/mol. The molecule has 2 unspecified atom stereocenters. The van der Waals surface area contributed by atoms with Crippen molar-refractivity contribution in [1.82, 2.24) is 10.2 Å². The van der Waals surface area contributed by atoms with Crippen molar-refractivity contribution >= 4 is 11.6 Å². The van der Waals surface area contributed by atoms with Crippen molar-refractivity contribution < 1.29 is 9.47 Å². The number of likely N-dealkylation sites (tertiary alicyclic amines) is 1. The lowest BCUT2D eigenvalue weighted by Gasteiger charge is -2.32. The molecule has 0 amide bonds. The number of rotatable bonds is 4. The third-order valence-electron chi connectivity index (χ3n) is 4.63. The summed E-state index contributed by atoms with van der Waals surface area (Å²) in [4.78, 5) is 2.36. The summed E-state index contributed by atoms with van der Waals surface area (Å²) in [7, 11) is 0. The number of nitrogens with one attached hydrogen (secondary N) is 1. The van der Waals surface area contributed by atoms with Crippen LogP contribution in [-0.2, 0) is 6.54 Å². The van der Waals surface area contributed by atoms with E-state index in [0.29, 0.717) is 12.6 Å². The van der Waals surface area contributed by atoms with E-state index in [-0.39, 0.29) is 6.23 Å². The van der Waals surface area contributed by atoms with Gasteiger partial charge in [-0.1, -0.05) is 35.9 Å². The highest BCUT2D eigenvalue weighted by Gasteiger charge is 2.32. The van der Waals surface area contributed by atoms with Gasteiger partial charge < -0.3 is 14.8 Å². The molecule has 1 fully saturated rings. The SMILES string of the molecule is Clc1ccc(CNC2CCN(C3COc4ccccc4O3)C2)cc1. The topological polar surface area (TPSA) is 33.7 Å². The van der Waals surface area contributed by atoms with Crippen LogP contribution in [0.5, 0.6) is 11.5 Å². The highest BCUT2D eigenvalue weighted by Crippen LogP contribution is 2.32. The number of benzene rings is 2. The van der Waals surface area contributed by atoms with Crippen LogP contribution < -0.4 is 14.8 Å². The molecule has 4 nitrogen and oxygen atoms in total. The van der Waals surface area contributed by atoms with E-state index in [2.05, 4.69) is 22.3 Å². The Bertz CT molecular complexity index is 692. The molecule has 2 heterocycles. The molecular formula is C19H21ClN2O2. The zero-order chi connectivity index (χ0) is 16.4. The minimum atomic E-state index is 0.00207. The molecule has 24 heavy (non-hydrogen) atoms. The Labute approximate surface area is 147 Å². The molecule has 0 saturated carbocycles. The van der Waals surface area contributed by atoms with Crippen LogP contribution in [0.2, 0.25) is 5.02 Å². The Morgan fingerprint density at radius 3 is 2.71 bits per heavy atom. The summed E-state index contributed by atoms with van der Waals surface area (Å²) in [6.45, 7) is 3.44. The molecule has 2 aliphatic rings. The smallest absolute Gasteiger partial charge is 0.187 e. The highest BCUT2D eigenvalue weighted by atomic mass is 35.5. The molecule has 0 bridgehead atoms. The minimum Gasteiger partial charge on any atom is -0.484 e. The Balaban J connectivity index is 1.30. The fourth-order valence-electron chi connectivity index (χ4n) is 3.27. The van der Waals surface area contributed by atoms with Gasteiger partial charge in [0.2, 0.25) is 0 Å². The Morgan fingerprint density at radius 1 is 1.08 bits per heavy atom. The van der Waals surface area contributed by atoms with Gasteiger partial charge in [0.25, 0.3) is 0 Å².